The predicted octanol–water partition coefficient (Wildman–Crippen LogP) is 1.70. The van der Waals surface area contributed by atoms with Gasteiger partial charge in [0.05, 0.1) is 13.1 Å². The molecular weight excluding hydrogens is 238 g/mol. The first-order chi connectivity index (χ1) is 7.05. The highest BCUT2D eigenvalue weighted by atomic mass is 35.5. The Bertz CT molecular complexity index is 221. The van der Waals surface area contributed by atoms with Gasteiger partial charge in [0.25, 0.3) is 5.92 Å². The number of nitrogens with one attached hydrogen (secondary N) is 1. The first-order valence-corrected chi connectivity index (χ1v) is 5.41. The Morgan fingerprint density at radius 1 is 1.31 bits per heavy atom. The Morgan fingerprint density at radius 3 is 2.38 bits per heavy atom. The van der Waals surface area contributed by atoms with Crippen molar-refractivity contribution in [3.8, 4) is 0 Å². The molecule has 16 heavy (non-hydrogen) atoms. The molecule has 0 bridgehead atoms. The molecule has 1 rings (SSSR count). The lowest BCUT2D eigenvalue weighted by Gasteiger charge is -2.22. The van der Waals surface area contributed by atoms with Crippen molar-refractivity contribution in [3.05, 3.63) is 0 Å². The fourth-order valence-corrected chi connectivity index (χ4v) is 1.80. The Hall–Kier alpha value is -0.420. The van der Waals surface area contributed by atoms with Gasteiger partial charge in [0.1, 0.15) is 0 Å². The van der Waals surface area contributed by atoms with Crippen molar-refractivity contribution >= 4 is 18.3 Å². The van der Waals surface area contributed by atoms with Gasteiger partial charge in [0, 0.05) is 5.92 Å². The molecular formula is C10H19ClF2N2O. The summed E-state index contributed by atoms with van der Waals surface area (Å²) in [4.78, 5) is 11.5. The topological polar surface area (TPSA) is 55.1 Å². The second kappa shape index (κ2) is 7.01. The standard InChI is InChI=1S/C10H18F2N2O.ClH/c11-10(12,6-13)7-14-9(15)8-4-2-1-3-5-8;/h8H,1-7,13H2,(H,14,15);1H. The van der Waals surface area contributed by atoms with Gasteiger partial charge in [-0.2, -0.15) is 0 Å². The Balaban J connectivity index is 0.00000225. The highest BCUT2D eigenvalue weighted by molar-refractivity contribution is 5.85. The average molecular weight is 257 g/mol. The van der Waals surface area contributed by atoms with E-state index in [9.17, 15) is 13.6 Å². The van der Waals surface area contributed by atoms with Gasteiger partial charge in [-0.1, -0.05) is 19.3 Å². The minimum absolute atomic E-state index is 0. The summed E-state index contributed by atoms with van der Waals surface area (Å²) in [5.41, 5.74) is 4.87. The smallest absolute Gasteiger partial charge is 0.277 e. The van der Waals surface area contributed by atoms with Gasteiger partial charge in [-0.3, -0.25) is 4.79 Å². The van der Waals surface area contributed by atoms with Gasteiger partial charge >= 0.3 is 0 Å². The third kappa shape index (κ3) is 5.07. The SMILES string of the molecule is Cl.NCC(F)(F)CNC(=O)C1CCCCC1. The van der Waals surface area contributed by atoms with Crippen LogP contribution in [-0.4, -0.2) is 24.9 Å². The highest BCUT2D eigenvalue weighted by Crippen LogP contribution is 2.23. The van der Waals surface area contributed by atoms with Crippen molar-refractivity contribution in [3.63, 3.8) is 0 Å². The molecule has 1 fully saturated rings. The van der Waals surface area contributed by atoms with Crippen LogP contribution in [0, 0.1) is 5.92 Å². The van der Waals surface area contributed by atoms with E-state index in [2.05, 4.69) is 5.32 Å². The Labute approximate surface area is 101 Å². The maximum Gasteiger partial charge on any atom is 0.277 e. The number of nitrogens with two attached hydrogens (primary N) is 1. The largest absolute Gasteiger partial charge is 0.350 e. The van der Waals surface area contributed by atoms with Crippen LogP contribution in [0.25, 0.3) is 0 Å². The minimum Gasteiger partial charge on any atom is -0.350 e. The van der Waals surface area contributed by atoms with Crippen molar-refractivity contribution < 1.29 is 13.6 Å². The average Bonchev–Trinajstić information content (AvgIpc) is 2.27. The molecule has 0 atom stereocenters. The molecule has 3 N–H and O–H groups in total. The van der Waals surface area contributed by atoms with E-state index in [0.717, 1.165) is 32.1 Å². The van der Waals surface area contributed by atoms with Crippen LogP contribution < -0.4 is 11.1 Å². The van der Waals surface area contributed by atoms with Crippen molar-refractivity contribution in [1.29, 1.82) is 0 Å². The molecule has 0 spiro atoms. The number of alkyl halides is 2. The summed E-state index contributed by atoms with van der Waals surface area (Å²) in [7, 11) is 0. The molecule has 0 aliphatic heterocycles. The third-order valence-corrected chi connectivity index (χ3v) is 2.80. The molecule has 0 saturated heterocycles. The van der Waals surface area contributed by atoms with Gasteiger partial charge in [0.2, 0.25) is 5.91 Å². The van der Waals surface area contributed by atoms with E-state index in [4.69, 9.17) is 5.73 Å². The van der Waals surface area contributed by atoms with E-state index < -0.39 is 19.0 Å². The maximum atomic E-state index is 12.7. The summed E-state index contributed by atoms with van der Waals surface area (Å²) in [5, 5.41) is 2.27. The maximum absolute atomic E-state index is 12.7. The lowest BCUT2D eigenvalue weighted by atomic mass is 9.88. The van der Waals surface area contributed by atoms with Crippen LogP contribution in [0.1, 0.15) is 32.1 Å². The molecule has 3 nitrogen and oxygen atoms in total. The molecule has 0 radical (unpaired) electrons. The Morgan fingerprint density at radius 2 is 1.88 bits per heavy atom. The number of hydrogen-bond acceptors (Lipinski definition) is 2. The summed E-state index contributed by atoms with van der Waals surface area (Å²) >= 11 is 0. The lowest BCUT2D eigenvalue weighted by Crippen LogP contribution is -2.43. The number of amides is 1. The molecule has 1 aliphatic rings. The predicted molar refractivity (Wildman–Crippen MR) is 60.8 cm³/mol. The monoisotopic (exact) mass is 256 g/mol. The van der Waals surface area contributed by atoms with Gasteiger partial charge < -0.3 is 11.1 Å². The van der Waals surface area contributed by atoms with Crippen LogP contribution in [-0.2, 0) is 4.79 Å². The Kier molecular flexibility index (Phi) is 6.83. The van der Waals surface area contributed by atoms with Gasteiger partial charge in [-0.05, 0) is 12.8 Å². The van der Waals surface area contributed by atoms with Crippen molar-refractivity contribution in [2.75, 3.05) is 13.1 Å². The van der Waals surface area contributed by atoms with Crippen molar-refractivity contribution in [1.82, 2.24) is 5.32 Å². The van der Waals surface area contributed by atoms with Crippen LogP contribution in [0.15, 0.2) is 0 Å². The van der Waals surface area contributed by atoms with Crippen LogP contribution in [0.3, 0.4) is 0 Å². The zero-order chi connectivity index (χ0) is 11.3. The van der Waals surface area contributed by atoms with Crippen molar-refractivity contribution in [2.45, 2.75) is 38.0 Å². The summed E-state index contributed by atoms with van der Waals surface area (Å²) < 4.78 is 25.5. The zero-order valence-electron chi connectivity index (χ0n) is 9.18. The second-order valence-electron chi connectivity index (χ2n) is 4.11. The molecule has 0 heterocycles. The van der Waals surface area contributed by atoms with E-state index in [1.165, 1.54) is 0 Å². The molecule has 0 unspecified atom stereocenters. The lowest BCUT2D eigenvalue weighted by molar-refractivity contribution is -0.127. The van der Waals surface area contributed by atoms with Crippen LogP contribution in [0.5, 0.6) is 0 Å². The summed E-state index contributed by atoms with van der Waals surface area (Å²) in [5.74, 6) is -3.31. The van der Waals surface area contributed by atoms with Gasteiger partial charge in [-0.25, -0.2) is 8.78 Å². The van der Waals surface area contributed by atoms with Crippen LogP contribution in [0.4, 0.5) is 8.78 Å². The van der Waals surface area contributed by atoms with E-state index in [-0.39, 0.29) is 24.2 Å². The molecule has 1 aliphatic carbocycles. The first kappa shape index (κ1) is 15.6. The van der Waals surface area contributed by atoms with E-state index >= 15 is 0 Å². The molecule has 6 heteroatoms. The minimum atomic E-state index is -2.98. The summed E-state index contributed by atoms with van der Waals surface area (Å²) in [6.07, 6.45) is 4.82. The second-order valence-corrected chi connectivity index (χ2v) is 4.11. The van der Waals surface area contributed by atoms with Crippen LogP contribution in [0.2, 0.25) is 0 Å². The highest BCUT2D eigenvalue weighted by Gasteiger charge is 2.29. The normalized spacial score (nSPS) is 17.7. The summed E-state index contributed by atoms with van der Waals surface area (Å²) in [6, 6.07) is 0. The molecule has 1 saturated carbocycles. The van der Waals surface area contributed by atoms with E-state index in [1.54, 1.807) is 0 Å². The first-order valence-electron chi connectivity index (χ1n) is 5.41. The van der Waals surface area contributed by atoms with E-state index in [1.807, 2.05) is 0 Å². The number of halogens is 3. The molecule has 0 aromatic heterocycles. The fourth-order valence-electron chi connectivity index (χ4n) is 1.80. The van der Waals surface area contributed by atoms with Crippen molar-refractivity contribution in [2.24, 2.45) is 11.7 Å². The quantitative estimate of drug-likeness (QED) is 0.804. The summed E-state index contributed by atoms with van der Waals surface area (Å²) in [6.45, 7) is -1.36. The van der Waals surface area contributed by atoms with Gasteiger partial charge in [0.15, 0.2) is 0 Å². The molecule has 1 amide bonds. The fraction of sp³-hybridized carbons (Fsp3) is 0.900. The van der Waals surface area contributed by atoms with Crippen LogP contribution >= 0.6 is 12.4 Å². The van der Waals surface area contributed by atoms with E-state index in [0.29, 0.717) is 0 Å². The zero-order valence-corrected chi connectivity index (χ0v) is 9.99. The number of carbonyl (C=O) groups is 1. The molecule has 0 aromatic carbocycles. The third-order valence-electron chi connectivity index (χ3n) is 2.80. The molecule has 96 valence electrons. The number of hydrogen-bond donors (Lipinski definition) is 2. The molecule has 0 aromatic rings. The number of rotatable bonds is 4. The number of carbonyl (C=O) groups excluding carboxylic acids is 1. The van der Waals surface area contributed by atoms with Gasteiger partial charge in [-0.15, -0.1) is 12.4 Å².